The second-order valence-corrected chi connectivity index (χ2v) is 8.88. The number of rotatable bonds is 6. The van der Waals surface area contributed by atoms with Crippen molar-refractivity contribution in [2.24, 2.45) is 5.10 Å². The Balaban J connectivity index is 1.83. The highest BCUT2D eigenvalue weighted by Gasteiger charge is 2.22. The number of hydrogen-bond donors (Lipinski definition) is 1. The predicted molar refractivity (Wildman–Crippen MR) is 111 cm³/mol. The third-order valence-corrected chi connectivity index (χ3v) is 6.08. The number of amides is 1. The molecule has 140 valence electrons. The van der Waals surface area contributed by atoms with Crippen LogP contribution in [0.25, 0.3) is 10.8 Å². The van der Waals surface area contributed by atoms with Crippen molar-refractivity contribution < 1.29 is 13.2 Å². The lowest BCUT2D eigenvalue weighted by Gasteiger charge is -2.23. The SMILES string of the molecule is Cc1ccsc1/C=N\NC(=O)CN(c1cccc2ccccc12)S(C)(=O)=O. The van der Waals surface area contributed by atoms with Crippen LogP contribution in [0.15, 0.2) is 59.0 Å². The fourth-order valence-corrected chi connectivity index (χ4v) is 4.31. The minimum atomic E-state index is -3.66. The molecule has 2 aromatic carbocycles. The monoisotopic (exact) mass is 401 g/mol. The molecule has 0 fully saturated rings. The van der Waals surface area contributed by atoms with E-state index in [1.807, 2.05) is 48.7 Å². The smallest absolute Gasteiger partial charge is 0.260 e. The highest BCUT2D eigenvalue weighted by atomic mass is 32.2. The van der Waals surface area contributed by atoms with Gasteiger partial charge in [-0.1, -0.05) is 36.4 Å². The molecule has 0 radical (unpaired) electrons. The maximum absolute atomic E-state index is 12.3. The molecule has 0 bridgehead atoms. The summed E-state index contributed by atoms with van der Waals surface area (Å²) in [5.74, 6) is -0.515. The molecular formula is C19H19N3O3S2. The van der Waals surface area contributed by atoms with Crippen LogP contribution in [0.1, 0.15) is 10.4 Å². The summed E-state index contributed by atoms with van der Waals surface area (Å²) in [7, 11) is -3.66. The van der Waals surface area contributed by atoms with Gasteiger partial charge in [0, 0.05) is 10.3 Å². The van der Waals surface area contributed by atoms with Gasteiger partial charge < -0.3 is 0 Å². The standard InChI is InChI=1S/C19H19N3O3S2/c1-14-10-11-26-18(14)12-20-21-19(23)13-22(27(2,24)25)17-9-5-7-15-6-3-4-8-16(15)17/h3-12H,13H2,1-2H3,(H,21,23)/b20-12-. The van der Waals surface area contributed by atoms with E-state index in [-0.39, 0.29) is 6.54 Å². The summed E-state index contributed by atoms with van der Waals surface area (Å²) in [6.45, 7) is 1.60. The molecule has 1 heterocycles. The van der Waals surface area contributed by atoms with Gasteiger partial charge in [0.25, 0.3) is 5.91 Å². The van der Waals surface area contributed by atoms with Crippen LogP contribution >= 0.6 is 11.3 Å². The van der Waals surface area contributed by atoms with Crippen molar-refractivity contribution in [2.75, 3.05) is 17.1 Å². The third-order valence-electron chi connectivity index (χ3n) is 4.00. The normalized spacial score (nSPS) is 11.8. The third kappa shape index (κ3) is 4.53. The van der Waals surface area contributed by atoms with Crippen molar-refractivity contribution in [3.05, 3.63) is 64.4 Å². The number of sulfonamides is 1. The van der Waals surface area contributed by atoms with E-state index in [0.29, 0.717) is 5.69 Å². The number of thiophene rings is 1. The number of hydrazone groups is 1. The quantitative estimate of drug-likeness (QED) is 0.509. The van der Waals surface area contributed by atoms with Gasteiger partial charge in [-0.25, -0.2) is 13.8 Å². The molecule has 1 N–H and O–H groups in total. The Labute approximate surface area is 162 Å². The Morgan fingerprint density at radius 1 is 1.19 bits per heavy atom. The molecule has 27 heavy (non-hydrogen) atoms. The van der Waals surface area contributed by atoms with Crippen molar-refractivity contribution in [3.63, 3.8) is 0 Å². The number of benzene rings is 2. The topological polar surface area (TPSA) is 78.8 Å². The van der Waals surface area contributed by atoms with Gasteiger partial charge in [-0.05, 0) is 35.4 Å². The van der Waals surface area contributed by atoms with Crippen LogP contribution in [-0.4, -0.2) is 33.3 Å². The lowest BCUT2D eigenvalue weighted by atomic mass is 10.1. The van der Waals surface area contributed by atoms with E-state index in [0.717, 1.165) is 31.8 Å². The minimum Gasteiger partial charge on any atom is -0.271 e. The van der Waals surface area contributed by atoms with Gasteiger partial charge >= 0.3 is 0 Å². The van der Waals surface area contributed by atoms with E-state index in [4.69, 9.17) is 0 Å². The van der Waals surface area contributed by atoms with Crippen molar-refractivity contribution >= 4 is 49.9 Å². The molecule has 0 saturated carbocycles. The molecule has 3 rings (SSSR count). The number of aryl methyl sites for hydroxylation is 1. The molecule has 8 heteroatoms. The zero-order valence-corrected chi connectivity index (χ0v) is 16.5. The molecular weight excluding hydrogens is 382 g/mol. The average Bonchev–Trinajstić information content (AvgIpc) is 3.03. The number of nitrogens with zero attached hydrogens (tertiary/aromatic N) is 2. The molecule has 0 aliphatic carbocycles. The van der Waals surface area contributed by atoms with Crippen LogP contribution in [0.3, 0.4) is 0 Å². The Bertz CT molecular complexity index is 1100. The Morgan fingerprint density at radius 3 is 2.63 bits per heavy atom. The van der Waals surface area contributed by atoms with Crippen LogP contribution < -0.4 is 9.73 Å². The van der Waals surface area contributed by atoms with Crippen molar-refractivity contribution in [3.8, 4) is 0 Å². The first kappa shape index (κ1) is 19.1. The zero-order chi connectivity index (χ0) is 19.4. The van der Waals surface area contributed by atoms with E-state index in [2.05, 4.69) is 10.5 Å². The van der Waals surface area contributed by atoms with Crippen LogP contribution in [0.4, 0.5) is 5.69 Å². The molecule has 0 aliphatic rings. The molecule has 0 unspecified atom stereocenters. The molecule has 1 aromatic heterocycles. The lowest BCUT2D eigenvalue weighted by Crippen LogP contribution is -2.39. The Hall–Kier alpha value is -2.71. The first-order valence-corrected chi connectivity index (χ1v) is 10.9. The van der Waals surface area contributed by atoms with Crippen LogP contribution in [-0.2, 0) is 14.8 Å². The molecule has 0 saturated heterocycles. The highest BCUT2D eigenvalue weighted by Crippen LogP contribution is 2.28. The number of hydrogen-bond acceptors (Lipinski definition) is 5. The number of nitrogens with one attached hydrogen (secondary N) is 1. The predicted octanol–water partition coefficient (Wildman–Crippen LogP) is 3.13. The molecule has 3 aromatic rings. The summed E-state index contributed by atoms with van der Waals surface area (Å²) >= 11 is 1.51. The number of fused-ring (bicyclic) bond motifs is 1. The minimum absolute atomic E-state index is 0.354. The first-order valence-electron chi connectivity index (χ1n) is 8.18. The summed E-state index contributed by atoms with van der Waals surface area (Å²) in [4.78, 5) is 13.2. The van der Waals surface area contributed by atoms with Gasteiger partial charge in [0.2, 0.25) is 10.0 Å². The molecule has 0 aliphatic heterocycles. The van der Waals surface area contributed by atoms with E-state index in [1.165, 1.54) is 11.3 Å². The number of carbonyl (C=O) groups is 1. The Morgan fingerprint density at radius 2 is 1.93 bits per heavy atom. The van der Waals surface area contributed by atoms with Gasteiger partial charge in [0.15, 0.2) is 0 Å². The Kier molecular flexibility index (Phi) is 5.57. The summed E-state index contributed by atoms with van der Waals surface area (Å²) < 4.78 is 25.7. The van der Waals surface area contributed by atoms with E-state index >= 15 is 0 Å². The van der Waals surface area contributed by atoms with E-state index in [1.54, 1.807) is 18.3 Å². The molecule has 1 amide bonds. The summed E-state index contributed by atoms with van der Waals surface area (Å²) in [5.41, 5.74) is 3.92. The van der Waals surface area contributed by atoms with Crippen LogP contribution in [0, 0.1) is 6.92 Å². The van der Waals surface area contributed by atoms with Gasteiger partial charge in [0.1, 0.15) is 6.54 Å². The second-order valence-electron chi connectivity index (χ2n) is 6.03. The zero-order valence-electron chi connectivity index (χ0n) is 14.9. The van der Waals surface area contributed by atoms with Crippen molar-refractivity contribution in [1.29, 1.82) is 0 Å². The van der Waals surface area contributed by atoms with Gasteiger partial charge in [0.05, 0.1) is 18.2 Å². The fourth-order valence-electron chi connectivity index (χ4n) is 2.65. The van der Waals surface area contributed by atoms with Crippen molar-refractivity contribution in [2.45, 2.75) is 6.92 Å². The summed E-state index contributed by atoms with van der Waals surface area (Å²) in [6, 6.07) is 14.8. The van der Waals surface area contributed by atoms with Crippen LogP contribution in [0.2, 0.25) is 0 Å². The molecule has 0 spiro atoms. The van der Waals surface area contributed by atoms with Gasteiger partial charge in [-0.3, -0.25) is 9.10 Å². The van der Waals surface area contributed by atoms with Gasteiger partial charge in [-0.2, -0.15) is 5.10 Å². The largest absolute Gasteiger partial charge is 0.271 e. The van der Waals surface area contributed by atoms with E-state index in [9.17, 15) is 13.2 Å². The number of carbonyl (C=O) groups excluding carboxylic acids is 1. The molecule has 6 nitrogen and oxygen atoms in total. The highest BCUT2D eigenvalue weighted by molar-refractivity contribution is 7.92. The van der Waals surface area contributed by atoms with Gasteiger partial charge in [-0.15, -0.1) is 11.3 Å². The molecule has 0 atom stereocenters. The van der Waals surface area contributed by atoms with Crippen molar-refractivity contribution in [1.82, 2.24) is 5.43 Å². The second kappa shape index (κ2) is 7.89. The lowest BCUT2D eigenvalue weighted by molar-refractivity contribution is -0.119. The number of anilines is 1. The average molecular weight is 402 g/mol. The maximum atomic E-state index is 12.3. The maximum Gasteiger partial charge on any atom is 0.260 e. The fraction of sp³-hybridized carbons (Fsp3) is 0.158. The summed E-state index contributed by atoms with van der Waals surface area (Å²) in [5, 5.41) is 7.52. The van der Waals surface area contributed by atoms with Crippen LogP contribution in [0.5, 0.6) is 0 Å². The summed E-state index contributed by atoms with van der Waals surface area (Å²) in [6.07, 6.45) is 2.64. The first-order chi connectivity index (χ1) is 12.9. The van der Waals surface area contributed by atoms with E-state index < -0.39 is 15.9 Å².